The van der Waals surface area contributed by atoms with Crippen molar-refractivity contribution >= 4 is 0 Å². The van der Waals surface area contributed by atoms with Crippen LogP contribution in [0.2, 0.25) is 0 Å². The molecule has 2 N–H and O–H groups in total. The van der Waals surface area contributed by atoms with Crippen LogP contribution in [0.3, 0.4) is 0 Å². The zero-order chi connectivity index (χ0) is 10.3. The van der Waals surface area contributed by atoms with Crippen LogP contribution >= 0.6 is 0 Å². The van der Waals surface area contributed by atoms with E-state index in [9.17, 15) is 0 Å². The van der Waals surface area contributed by atoms with Gasteiger partial charge in [0.15, 0.2) is 0 Å². The maximum absolute atomic E-state index is 5.86. The third-order valence-electron chi connectivity index (χ3n) is 4.11. The van der Waals surface area contributed by atoms with Crippen molar-refractivity contribution in [3.8, 4) is 0 Å². The molecule has 0 aromatic rings. The molecule has 1 aliphatic heterocycles. The van der Waals surface area contributed by atoms with Crippen molar-refractivity contribution in [1.29, 1.82) is 0 Å². The van der Waals surface area contributed by atoms with Gasteiger partial charge in [0.2, 0.25) is 0 Å². The standard InChI is InChI=1S/C11H23N3/c1-9-6-14(7-10(9)13(2)3)11(8-12)4-5-11/h9-10H,4-8,12H2,1-3H3. The molecule has 1 saturated carbocycles. The van der Waals surface area contributed by atoms with Gasteiger partial charge in [-0.3, -0.25) is 4.90 Å². The van der Waals surface area contributed by atoms with E-state index in [1.807, 2.05) is 0 Å². The van der Waals surface area contributed by atoms with Crippen LogP contribution in [0.5, 0.6) is 0 Å². The van der Waals surface area contributed by atoms with Gasteiger partial charge >= 0.3 is 0 Å². The predicted octanol–water partition coefficient (Wildman–Crippen LogP) is 0.360. The third-order valence-corrected chi connectivity index (χ3v) is 4.11. The normalized spacial score (nSPS) is 36.6. The van der Waals surface area contributed by atoms with Crippen LogP contribution in [0.25, 0.3) is 0 Å². The average Bonchev–Trinajstić information content (AvgIpc) is 2.84. The first-order chi connectivity index (χ1) is 6.59. The number of hydrogen-bond acceptors (Lipinski definition) is 3. The molecular formula is C11H23N3. The van der Waals surface area contributed by atoms with Crippen LogP contribution < -0.4 is 5.73 Å². The van der Waals surface area contributed by atoms with Gasteiger partial charge in [-0.25, -0.2) is 0 Å². The van der Waals surface area contributed by atoms with E-state index in [-0.39, 0.29) is 0 Å². The first-order valence-corrected chi connectivity index (χ1v) is 5.70. The lowest BCUT2D eigenvalue weighted by molar-refractivity contribution is 0.202. The van der Waals surface area contributed by atoms with Crippen molar-refractivity contribution in [3.63, 3.8) is 0 Å². The van der Waals surface area contributed by atoms with E-state index >= 15 is 0 Å². The number of rotatable bonds is 3. The molecule has 3 nitrogen and oxygen atoms in total. The van der Waals surface area contributed by atoms with Crippen molar-refractivity contribution in [1.82, 2.24) is 9.80 Å². The first-order valence-electron chi connectivity index (χ1n) is 5.70. The second kappa shape index (κ2) is 3.47. The van der Waals surface area contributed by atoms with Gasteiger partial charge in [0.25, 0.3) is 0 Å². The summed E-state index contributed by atoms with van der Waals surface area (Å²) in [6.45, 7) is 5.66. The van der Waals surface area contributed by atoms with Gasteiger partial charge in [0.05, 0.1) is 0 Å². The molecule has 2 atom stereocenters. The topological polar surface area (TPSA) is 32.5 Å². The van der Waals surface area contributed by atoms with Crippen LogP contribution in [0.1, 0.15) is 19.8 Å². The summed E-state index contributed by atoms with van der Waals surface area (Å²) in [6, 6.07) is 0.721. The zero-order valence-corrected chi connectivity index (χ0v) is 9.66. The van der Waals surface area contributed by atoms with Gasteiger partial charge in [-0.1, -0.05) is 6.92 Å². The van der Waals surface area contributed by atoms with E-state index in [1.54, 1.807) is 0 Å². The summed E-state index contributed by atoms with van der Waals surface area (Å²) in [4.78, 5) is 4.99. The Balaban J connectivity index is 1.99. The molecule has 2 aliphatic rings. The van der Waals surface area contributed by atoms with E-state index in [0.717, 1.165) is 18.5 Å². The lowest BCUT2D eigenvalue weighted by atomic mass is 10.1. The SMILES string of the molecule is CC1CN(C2(CN)CC2)CC1N(C)C. The highest BCUT2D eigenvalue weighted by Gasteiger charge is 2.50. The summed E-state index contributed by atoms with van der Waals surface area (Å²) in [6.07, 6.45) is 2.63. The monoisotopic (exact) mass is 197 g/mol. The second-order valence-corrected chi connectivity index (χ2v) is 5.34. The Morgan fingerprint density at radius 2 is 2.00 bits per heavy atom. The Hall–Kier alpha value is -0.120. The number of likely N-dealkylation sites (N-methyl/N-ethyl adjacent to an activating group) is 1. The average molecular weight is 197 g/mol. The van der Waals surface area contributed by atoms with Crippen molar-refractivity contribution in [2.24, 2.45) is 11.7 Å². The molecule has 0 spiro atoms. The largest absolute Gasteiger partial charge is 0.329 e. The summed E-state index contributed by atoms with van der Waals surface area (Å²) >= 11 is 0. The minimum Gasteiger partial charge on any atom is -0.329 e. The van der Waals surface area contributed by atoms with Crippen LogP contribution in [-0.2, 0) is 0 Å². The van der Waals surface area contributed by atoms with Gasteiger partial charge in [-0.2, -0.15) is 0 Å². The van der Waals surface area contributed by atoms with Crippen LogP contribution in [-0.4, -0.2) is 55.1 Å². The molecular weight excluding hydrogens is 174 g/mol. The van der Waals surface area contributed by atoms with Crippen LogP contribution in [0, 0.1) is 5.92 Å². The van der Waals surface area contributed by atoms with E-state index < -0.39 is 0 Å². The highest BCUT2D eigenvalue weighted by atomic mass is 15.3. The summed E-state index contributed by atoms with van der Waals surface area (Å²) in [5, 5.41) is 0. The highest BCUT2D eigenvalue weighted by Crippen LogP contribution is 2.43. The lowest BCUT2D eigenvalue weighted by Crippen LogP contribution is -2.43. The number of hydrogen-bond donors (Lipinski definition) is 1. The summed E-state index contributed by atoms with van der Waals surface area (Å²) in [5.74, 6) is 0.786. The fraction of sp³-hybridized carbons (Fsp3) is 1.00. The molecule has 1 aliphatic carbocycles. The van der Waals surface area contributed by atoms with Crippen molar-refractivity contribution in [3.05, 3.63) is 0 Å². The summed E-state index contributed by atoms with van der Waals surface area (Å²) in [5.41, 5.74) is 6.26. The summed E-state index contributed by atoms with van der Waals surface area (Å²) < 4.78 is 0. The molecule has 0 aromatic heterocycles. The molecule has 2 fully saturated rings. The second-order valence-electron chi connectivity index (χ2n) is 5.34. The number of nitrogens with zero attached hydrogens (tertiary/aromatic N) is 2. The molecule has 0 bridgehead atoms. The van der Waals surface area contributed by atoms with E-state index in [1.165, 1.54) is 25.9 Å². The fourth-order valence-corrected chi connectivity index (χ4v) is 2.80. The molecule has 0 amide bonds. The Morgan fingerprint density at radius 1 is 1.36 bits per heavy atom. The van der Waals surface area contributed by atoms with Crippen molar-refractivity contribution in [2.75, 3.05) is 33.7 Å². The molecule has 82 valence electrons. The van der Waals surface area contributed by atoms with Gasteiger partial charge in [0.1, 0.15) is 0 Å². The number of nitrogens with two attached hydrogens (primary N) is 1. The molecule has 2 rings (SSSR count). The third kappa shape index (κ3) is 1.58. The Labute approximate surface area is 87.2 Å². The lowest BCUT2D eigenvalue weighted by Gasteiger charge is -2.27. The van der Waals surface area contributed by atoms with Crippen molar-refractivity contribution < 1.29 is 0 Å². The van der Waals surface area contributed by atoms with Crippen LogP contribution in [0.4, 0.5) is 0 Å². The van der Waals surface area contributed by atoms with Gasteiger partial charge in [-0.05, 0) is 32.9 Å². The molecule has 1 saturated heterocycles. The Bertz CT molecular complexity index is 211. The minimum atomic E-state index is 0.402. The van der Waals surface area contributed by atoms with Crippen LogP contribution in [0.15, 0.2) is 0 Å². The molecule has 0 radical (unpaired) electrons. The molecule has 0 aromatic carbocycles. The molecule has 3 heteroatoms. The smallest absolute Gasteiger partial charge is 0.0333 e. The minimum absolute atomic E-state index is 0.402. The molecule has 14 heavy (non-hydrogen) atoms. The van der Waals surface area contributed by atoms with E-state index in [2.05, 4.69) is 30.8 Å². The van der Waals surface area contributed by atoms with E-state index in [4.69, 9.17) is 5.73 Å². The van der Waals surface area contributed by atoms with Crippen molar-refractivity contribution in [2.45, 2.75) is 31.3 Å². The number of likely N-dealkylation sites (tertiary alicyclic amines) is 1. The fourth-order valence-electron chi connectivity index (χ4n) is 2.80. The van der Waals surface area contributed by atoms with E-state index in [0.29, 0.717) is 5.54 Å². The maximum atomic E-state index is 5.86. The zero-order valence-electron chi connectivity index (χ0n) is 9.66. The van der Waals surface area contributed by atoms with Gasteiger partial charge in [-0.15, -0.1) is 0 Å². The highest BCUT2D eigenvalue weighted by molar-refractivity contribution is 5.08. The Morgan fingerprint density at radius 3 is 2.36 bits per heavy atom. The molecule has 2 unspecified atom stereocenters. The predicted molar refractivity (Wildman–Crippen MR) is 59.2 cm³/mol. The maximum Gasteiger partial charge on any atom is 0.0333 e. The molecule has 1 heterocycles. The summed E-state index contributed by atoms with van der Waals surface area (Å²) in [7, 11) is 4.37. The van der Waals surface area contributed by atoms with Gasteiger partial charge in [0, 0.05) is 31.2 Å². The Kier molecular flexibility index (Phi) is 2.58. The first kappa shape index (κ1) is 10.4. The van der Waals surface area contributed by atoms with Gasteiger partial charge < -0.3 is 10.6 Å². The quantitative estimate of drug-likeness (QED) is 0.709.